The van der Waals surface area contributed by atoms with E-state index in [9.17, 15) is 9.59 Å². The number of amides is 2. The monoisotopic (exact) mass is 383 g/mol. The Morgan fingerprint density at radius 1 is 1.25 bits per heavy atom. The Bertz CT molecular complexity index is 827. The molecule has 0 saturated carbocycles. The number of hydrogen-bond donors (Lipinski definition) is 1. The van der Waals surface area contributed by atoms with Crippen LogP contribution in [0, 0.1) is 17.2 Å². The van der Waals surface area contributed by atoms with Gasteiger partial charge in [-0.2, -0.15) is 5.26 Å². The maximum atomic E-state index is 12.4. The van der Waals surface area contributed by atoms with Crippen LogP contribution in [0.3, 0.4) is 0 Å². The molecule has 1 fully saturated rings. The van der Waals surface area contributed by atoms with Crippen molar-refractivity contribution in [3.8, 4) is 6.07 Å². The second-order valence-electron chi connectivity index (χ2n) is 5.56. The van der Waals surface area contributed by atoms with E-state index in [-0.39, 0.29) is 18.2 Å². The van der Waals surface area contributed by atoms with Crippen LogP contribution in [0.15, 0.2) is 53.0 Å². The maximum Gasteiger partial charge on any atom is 0.229 e. The van der Waals surface area contributed by atoms with E-state index in [0.717, 1.165) is 4.47 Å². The summed E-state index contributed by atoms with van der Waals surface area (Å²) in [4.78, 5) is 26.2. The number of rotatable bonds is 3. The van der Waals surface area contributed by atoms with Gasteiger partial charge < -0.3 is 10.2 Å². The number of hydrogen-bond acceptors (Lipinski definition) is 3. The summed E-state index contributed by atoms with van der Waals surface area (Å²) in [5.74, 6) is -0.697. The van der Waals surface area contributed by atoms with Gasteiger partial charge in [0.05, 0.1) is 17.6 Å². The molecule has 0 aliphatic carbocycles. The van der Waals surface area contributed by atoms with Crippen molar-refractivity contribution in [3.05, 3.63) is 58.6 Å². The molecule has 0 spiro atoms. The summed E-state index contributed by atoms with van der Waals surface area (Å²) < 4.78 is 0.931. The standard InChI is InChI=1S/C18H14BrN3O2/c19-14-4-6-15(7-5-14)21-18(24)13-9-17(23)22(11-13)16-3-1-2-12(8-16)10-20/h1-8,13H,9,11H2,(H,21,24). The zero-order valence-corrected chi connectivity index (χ0v) is 14.3. The quantitative estimate of drug-likeness (QED) is 0.883. The fourth-order valence-electron chi connectivity index (χ4n) is 2.65. The normalized spacial score (nSPS) is 16.8. The summed E-state index contributed by atoms with van der Waals surface area (Å²) in [6.07, 6.45) is 0.166. The molecule has 3 rings (SSSR count). The molecule has 1 aliphatic rings. The van der Waals surface area contributed by atoms with Crippen LogP contribution in [-0.4, -0.2) is 18.4 Å². The summed E-state index contributed by atoms with van der Waals surface area (Å²) >= 11 is 3.34. The first kappa shape index (κ1) is 16.2. The average molecular weight is 384 g/mol. The van der Waals surface area contributed by atoms with Crippen molar-refractivity contribution in [2.45, 2.75) is 6.42 Å². The number of carbonyl (C=O) groups is 2. The summed E-state index contributed by atoms with van der Waals surface area (Å²) in [5.41, 5.74) is 1.83. The molecule has 1 saturated heterocycles. The molecular formula is C18H14BrN3O2. The summed E-state index contributed by atoms with van der Waals surface area (Å²) in [6.45, 7) is 0.316. The van der Waals surface area contributed by atoms with Crippen molar-refractivity contribution in [2.24, 2.45) is 5.92 Å². The van der Waals surface area contributed by atoms with Crippen LogP contribution in [0.2, 0.25) is 0 Å². The minimum Gasteiger partial charge on any atom is -0.326 e. The molecule has 0 aromatic heterocycles. The molecule has 6 heteroatoms. The third-order valence-corrected chi connectivity index (χ3v) is 4.42. The predicted octanol–water partition coefficient (Wildman–Crippen LogP) is 3.31. The van der Waals surface area contributed by atoms with Gasteiger partial charge in [-0.25, -0.2) is 0 Å². The van der Waals surface area contributed by atoms with Gasteiger partial charge in [-0.05, 0) is 42.5 Å². The Morgan fingerprint density at radius 2 is 2.00 bits per heavy atom. The van der Waals surface area contributed by atoms with Gasteiger partial charge in [-0.3, -0.25) is 9.59 Å². The Balaban J connectivity index is 1.70. The van der Waals surface area contributed by atoms with Gasteiger partial charge in [0.15, 0.2) is 0 Å². The average Bonchev–Trinajstić information content (AvgIpc) is 2.99. The predicted molar refractivity (Wildman–Crippen MR) is 94.4 cm³/mol. The van der Waals surface area contributed by atoms with Gasteiger partial charge >= 0.3 is 0 Å². The fraction of sp³-hybridized carbons (Fsp3) is 0.167. The Labute approximate surface area is 148 Å². The van der Waals surface area contributed by atoms with Gasteiger partial charge in [-0.1, -0.05) is 22.0 Å². The van der Waals surface area contributed by atoms with Crippen molar-refractivity contribution >= 4 is 39.1 Å². The van der Waals surface area contributed by atoms with E-state index >= 15 is 0 Å². The highest BCUT2D eigenvalue weighted by Crippen LogP contribution is 2.26. The van der Waals surface area contributed by atoms with Gasteiger partial charge in [0.25, 0.3) is 0 Å². The number of nitrogens with zero attached hydrogens (tertiary/aromatic N) is 2. The van der Waals surface area contributed by atoms with E-state index < -0.39 is 5.92 Å². The molecule has 24 heavy (non-hydrogen) atoms. The number of benzene rings is 2. The van der Waals surface area contributed by atoms with Crippen LogP contribution in [-0.2, 0) is 9.59 Å². The number of anilines is 2. The second kappa shape index (κ2) is 6.85. The molecule has 1 aliphatic heterocycles. The van der Waals surface area contributed by atoms with E-state index in [1.54, 1.807) is 41.3 Å². The number of nitriles is 1. The first-order chi connectivity index (χ1) is 11.6. The Hall–Kier alpha value is -2.65. The molecule has 1 N–H and O–H groups in total. The van der Waals surface area contributed by atoms with Crippen LogP contribution < -0.4 is 10.2 Å². The number of halogens is 1. The maximum absolute atomic E-state index is 12.4. The molecule has 2 aromatic carbocycles. The zero-order valence-electron chi connectivity index (χ0n) is 12.7. The molecule has 1 unspecified atom stereocenters. The molecule has 120 valence electrons. The minimum absolute atomic E-state index is 0.110. The third kappa shape index (κ3) is 3.47. The lowest BCUT2D eigenvalue weighted by Crippen LogP contribution is -2.28. The van der Waals surface area contributed by atoms with Crippen molar-refractivity contribution < 1.29 is 9.59 Å². The van der Waals surface area contributed by atoms with E-state index in [1.807, 2.05) is 12.1 Å². The van der Waals surface area contributed by atoms with Gasteiger partial charge in [0.1, 0.15) is 0 Å². The molecule has 5 nitrogen and oxygen atoms in total. The minimum atomic E-state index is -0.410. The van der Waals surface area contributed by atoms with Gasteiger partial charge in [0.2, 0.25) is 11.8 Å². The smallest absolute Gasteiger partial charge is 0.229 e. The molecule has 0 radical (unpaired) electrons. The van der Waals surface area contributed by atoms with E-state index in [4.69, 9.17) is 5.26 Å². The zero-order chi connectivity index (χ0) is 17.1. The van der Waals surface area contributed by atoms with Crippen molar-refractivity contribution in [3.63, 3.8) is 0 Å². The van der Waals surface area contributed by atoms with E-state index in [2.05, 4.69) is 27.3 Å². The Morgan fingerprint density at radius 3 is 2.71 bits per heavy atom. The van der Waals surface area contributed by atoms with Crippen molar-refractivity contribution in [1.82, 2.24) is 0 Å². The summed E-state index contributed by atoms with van der Waals surface area (Å²) in [7, 11) is 0. The molecule has 0 bridgehead atoms. The molecule has 1 atom stereocenters. The third-order valence-electron chi connectivity index (χ3n) is 3.89. The SMILES string of the molecule is N#Cc1cccc(N2CC(C(=O)Nc3ccc(Br)cc3)CC2=O)c1. The first-order valence-corrected chi connectivity index (χ1v) is 8.23. The summed E-state index contributed by atoms with van der Waals surface area (Å²) in [6, 6.07) is 16.2. The lowest BCUT2D eigenvalue weighted by Gasteiger charge is -2.17. The lowest BCUT2D eigenvalue weighted by atomic mass is 10.1. The van der Waals surface area contributed by atoms with Gasteiger partial charge in [-0.15, -0.1) is 0 Å². The van der Waals surface area contributed by atoms with Crippen LogP contribution in [0.4, 0.5) is 11.4 Å². The molecule has 2 aromatic rings. The molecule has 2 amide bonds. The van der Waals surface area contributed by atoms with Crippen molar-refractivity contribution in [1.29, 1.82) is 5.26 Å². The summed E-state index contributed by atoms with van der Waals surface area (Å²) in [5, 5.41) is 11.8. The highest BCUT2D eigenvalue weighted by atomic mass is 79.9. The van der Waals surface area contributed by atoms with Crippen LogP contribution >= 0.6 is 15.9 Å². The topological polar surface area (TPSA) is 73.2 Å². The Kier molecular flexibility index (Phi) is 4.63. The first-order valence-electron chi connectivity index (χ1n) is 7.44. The molecular weight excluding hydrogens is 370 g/mol. The number of carbonyl (C=O) groups excluding carboxylic acids is 2. The van der Waals surface area contributed by atoms with Crippen LogP contribution in [0.5, 0.6) is 0 Å². The second-order valence-corrected chi connectivity index (χ2v) is 6.48. The van der Waals surface area contributed by atoms with E-state index in [0.29, 0.717) is 23.5 Å². The van der Waals surface area contributed by atoms with E-state index in [1.165, 1.54) is 0 Å². The van der Waals surface area contributed by atoms with Crippen LogP contribution in [0.1, 0.15) is 12.0 Å². The van der Waals surface area contributed by atoms with Gasteiger partial charge in [0, 0.05) is 28.8 Å². The van der Waals surface area contributed by atoms with Crippen molar-refractivity contribution in [2.75, 3.05) is 16.8 Å². The van der Waals surface area contributed by atoms with Crippen LogP contribution in [0.25, 0.3) is 0 Å². The highest BCUT2D eigenvalue weighted by Gasteiger charge is 2.35. The fourth-order valence-corrected chi connectivity index (χ4v) is 2.92. The lowest BCUT2D eigenvalue weighted by molar-refractivity contribution is -0.122. The highest BCUT2D eigenvalue weighted by molar-refractivity contribution is 9.10. The molecule has 1 heterocycles. The number of nitrogens with one attached hydrogen (secondary N) is 1. The largest absolute Gasteiger partial charge is 0.326 e.